The van der Waals surface area contributed by atoms with E-state index in [2.05, 4.69) is 0 Å². The third-order valence-electron chi connectivity index (χ3n) is 2.57. The number of hydrogen-bond acceptors (Lipinski definition) is 4. The molecular formula is C13H8F3NO4. The Bertz CT molecular complexity index is 683. The molecule has 2 rings (SSSR count). The minimum atomic E-state index is -1.14. The first-order valence-electron chi connectivity index (χ1n) is 5.63. The minimum absolute atomic E-state index is 0.0223. The molecule has 0 saturated carbocycles. The van der Waals surface area contributed by atoms with Gasteiger partial charge in [0.2, 0.25) is 5.75 Å². The summed E-state index contributed by atoms with van der Waals surface area (Å²) in [7, 11) is 0. The maximum absolute atomic E-state index is 13.7. The molecule has 110 valence electrons. The van der Waals surface area contributed by atoms with Gasteiger partial charge in [0.1, 0.15) is 5.82 Å². The van der Waals surface area contributed by atoms with Crippen LogP contribution in [0.2, 0.25) is 0 Å². The van der Waals surface area contributed by atoms with Crippen molar-refractivity contribution >= 4 is 5.69 Å². The van der Waals surface area contributed by atoms with Crippen LogP contribution in [0.1, 0.15) is 5.56 Å². The van der Waals surface area contributed by atoms with E-state index in [1.165, 1.54) is 0 Å². The first-order chi connectivity index (χ1) is 9.92. The lowest BCUT2D eigenvalue weighted by molar-refractivity contribution is -0.385. The Kier molecular flexibility index (Phi) is 4.08. The molecule has 0 aromatic heterocycles. The van der Waals surface area contributed by atoms with Gasteiger partial charge in [0.15, 0.2) is 17.4 Å². The maximum Gasteiger partial charge on any atom is 0.314 e. The Balaban J connectivity index is 2.46. The van der Waals surface area contributed by atoms with Gasteiger partial charge in [0.05, 0.1) is 17.6 Å². The molecule has 0 radical (unpaired) electrons. The molecule has 8 heteroatoms. The fraction of sp³-hybridized carbons (Fsp3) is 0.0769. The number of nitro benzene ring substituents is 1. The number of ether oxygens (including phenoxy) is 1. The van der Waals surface area contributed by atoms with Gasteiger partial charge in [-0.3, -0.25) is 10.1 Å². The van der Waals surface area contributed by atoms with Gasteiger partial charge in [-0.1, -0.05) is 0 Å². The molecule has 0 saturated heterocycles. The second-order valence-corrected chi connectivity index (χ2v) is 4.02. The van der Waals surface area contributed by atoms with Gasteiger partial charge >= 0.3 is 5.69 Å². The van der Waals surface area contributed by atoms with E-state index >= 15 is 0 Å². The molecule has 0 amide bonds. The topological polar surface area (TPSA) is 72.6 Å². The summed E-state index contributed by atoms with van der Waals surface area (Å²) < 4.78 is 45.2. The molecule has 0 spiro atoms. The normalized spacial score (nSPS) is 10.5. The van der Waals surface area contributed by atoms with Gasteiger partial charge < -0.3 is 9.84 Å². The van der Waals surface area contributed by atoms with E-state index < -0.39 is 46.2 Å². The van der Waals surface area contributed by atoms with Crippen LogP contribution in [0.15, 0.2) is 30.3 Å². The average Bonchev–Trinajstić information content (AvgIpc) is 2.43. The Morgan fingerprint density at radius 1 is 1.14 bits per heavy atom. The van der Waals surface area contributed by atoms with Crippen LogP contribution in [0, 0.1) is 27.6 Å². The predicted octanol–water partition coefficient (Wildman–Crippen LogP) is 3.30. The van der Waals surface area contributed by atoms with E-state index in [1.807, 2.05) is 0 Å². The van der Waals surface area contributed by atoms with Crippen LogP contribution in [0.25, 0.3) is 0 Å². The zero-order chi connectivity index (χ0) is 15.6. The van der Waals surface area contributed by atoms with Crippen molar-refractivity contribution in [3.05, 3.63) is 63.5 Å². The van der Waals surface area contributed by atoms with Crippen molar-refractivity contribution in [2.45, 2.75) is 6.61 Å². The monoisotopic (exact) mass is 299 g/mol. The first-order valence-corrected chi connectivity index (χ1v) is 5.63. The quantitative estimate of drug-likeness (QED) is 0.694. The van der Waals surface area contributed by atoms with Gasteiger partial charge in [-0.05, 0) is 29.8 Å². The summed E-state index contributed by atoms with van der Waals surface area (Å²) in [5.74, 6) is -4.54. The zero-order valence-electron chi connectivity index (χ0n) is 10.3. The smallest absolute Gasteiger partial charge is 0.314 e. The van der Waals surface area contributed by atoms with Gasteiger partial charge in [-0.25, -0.2) is 13.2 Å². The van der Waals surface area contributed by atoms with Crippen molar-refractivity contribution in [2.24, 2.45) is 0 Å². The van der Waals surface area contributed by atoms with Crippen molar-refractivity contribution in [3.63, 3.8) is 0 Å². The van der Waals surface area contributed by atoms with Crippen LogP contribution in [-0.2, 0) is 6.61 Å². The van der Waals surface area contributed by atoms with Crippen molar-refractivity contribution in [1.82, 2.24) is 0 Å². The number of nitrogens with zero attached hydrogens (tertiary/aromatic N) is 1. The number of nitro groups is 1. The Hall–Kier alpha value is -2.61. The molecule has 0 aliphatic rings. The number of halogens is 3. The Morgan fingerprint density at radius 3 is 2.29 bits per heavy atom. The summed E-state index contributed by atoms with van der Waals surface area (Å²) in [4.78, 5) is 9.84. The summed E-state index contributed by atoms with van der Waals surface area (Å²) in [5, 5.41) is 19.6. The number of aliphatic hydroxyl groups is 1. The van der Waals surface area contributed by atoms with Crippen LogP contribution >= 0.6 is 0 Å². The molecule has 0 aliphatic carbocycles. The largest absolute Gasteiger partial charge is 0.444 e. The molecule has 0 unspecified atom stereocenters. The number of rotatable bonds is 4. The number of aliphatic hydroxyl groups excluding tert-OH is 1. The molecule has 0 aliphatic heterocycles. The molecule has 5 nitrogen and oxygen atoms in total. The summed E-state index contributed by atoms with van der Waals surface area (Å²) >= 11 is 0. The van der Waals surface area contributed by atoms with Crippen molar-refractivity contribution < 1.29 is 27.9 Å². The zero-order valence-corrected chi connectivity index (χ0v) is 10.3. The highest BCUT2D eigenvalue weighted by Gasteiger charge is 2.21. The predicted molar refractivity (Wildman–Crippen MR) is 65.4 cm³/mol. The van der Waals surface area contributed by atoms with Crippen LogP contribution in [0.3, 0.4) is 0 Å². The highest BCUT2D eigenvalue weighted by molar-refractivity contribution is 5.49. The molecule has 0 bridgehead atoms. The summed E-state index contributed by atoms with van der Waals surface area (Å²) in [5.41, 5.74) is -0.786. The molecule has 0 fully saturated rings. The molecule has 1 N–H and O–H groups in total. The lowest BCUT2D eigenvalue weighted by Crippen LogP contribution is -1.99. The highest BCUT2D eigenvalue weighted by Crippen LogP contribution is 2.34. The lowest BCUT2D eigenvalue weighted by Gasteiger charge is -2.09. The lowest BCUT2D eigenvalue weighted by atomic mass is 10.2. The third kappa shape index (κ3) is 3.11. The van der Waals surface area contributed by atoms with E-state index in [-0.39, 0.29) is 5.56 Å². The van der Waals surface area contributed by atoms with E-state index in [0.717, 1.165) is 24.3 Å². The van der Waals surface area contributed by atoms with E-state index in [9.17, 15) is 23.3 Å². The van der Waals surface area contributed by atoms with Crippen LogP contribution in [0.5, 0.6) is 11.5 Å². The molecule has 2 aromatic rings. The summed E-state index contributed by atoms with van der Waals surface area (Å²) in [6.45, 7) is -0.579. The maximum atomic E-state index is 13.7. The highest BCUT2D eigenvalue weighted by atomic mass is 19.1. The average molecular weight is 299 g/mol. The minimum Gasteiger partial charge on any atom is -0.444 e. The van der Waals surface area contributed by atoms with Gasteiger partial charge in [0, 0.05) is 0 Å². The SMILES string of the molecule is O=[N+]([O-])c1cc(F)ccc1Oc1c(F)cc(CO)cc1F. The fourth-order valence-electron chi connectivity index (χ4n) is 1.63. The van der Waals surface area contributed by atoms with Crippen molar-refractivity contribution in [2.75, 3.05) is 0 Å². The van der Waals surface area contributed by atoms with E-state index in [4.69, 9.17) is 9.84 Å². The molecular weight excluding hydrogens is 291 g/mol. The van der Waals surface area contributed by atoms with Crippen LogP contribution in [0.4, 0.5) is 18.9 Å². The molecule has 21 heavy (non-hydrogen) atoms. The van der Waals surface area contributed by atoms with Crippen LogP contribution in [-0.4, -0.2) is 10.0 Å². The molecule has 0 heterocycles. The fourth-order valence-corrected chi connectivity index (χ4v) is 1.63. The summed E-state index contributed by atoms with van der Waals surface area (Å²) in [6, 6.07) is 3.99. The van der Waals surface area contributed by atoms with Gasteiger partial charge in [0.25, 0.3) is 0 Å². The summed E-state index contributed by atoms with van der Waals surface area (Å²) in [6.07, 6.45) is 0. The molecule has 0 atom stereocenters. The van der Waals surface area contributed by atoms with Crippen molar-refractivity contribution in [1.29, 1.82) is 0 Å². The first kappa shape index (κ1) is 14.8. The van der Waals surface area contributed by atoms with E-state index in [0.29, 0.717) is 6.07 Å². The van der Waals surface area contributed by atoms with Crippen LogP contribution < -0.4 is 4.74 Å². The molecule has 2 aromatic carbocycles. The standard InChI is InChI=1S/C13H8F3NO4/c14-8-1-2-12(11(5-8)17(19)20)21-13-9(15)3-7(6-18)4-10(13)16/h1-5,18H,6H2. The van der Waals surface area contributed by atoms with Crippen molar-refractivity contribution in [3.8, 4) is 11.5 Å². The number of benzene rings is 2. The second-order valence-electron chi connectivity index (χ2n) is 4.02. The van der Waals surface area contributed by atoms with Gasteiger partial charge in [-0.2, -0.15) is 0 Å². The van der Waals surface area contributed by atoms with Gasteiger partial charge in [-0.15, -0.1) is 0 Å². The Morgan fingerprint density at radius 2 is 1.76 bits per heavy atom. The second kappa shape index (κ2) is 5.80. The van der Waals surface area contributed by atoms with E-state index in [1.54, 1.807) is 0 Å². The number of hydrogen-bond donors (Lipinski definition) is 1. The third-order valence-corrected chi connectivity index (χ3v) is 2.57. The Labute approximate surface area is 116 Å².